The van der Waals surface area contributed by atoms with Gasteiger partial charge in [-0.2, -0.15) is 0 Å². The molecule has 2 N–H and O–H groups in total. The smallest absolute Gasteiger partial charge is 0.328 e. The number of benzene rings is 2. The van der Waals surface area contributed by atoms with Gasteiger partial charge >= 0.3 is 5.97 Å². The fourth-order valence-corrected chi connectivity index (χ4v) is 2.51. The maximum absolute atomic E-state index is 12.5. The van der Waals surface area contributed by atoms with Crippen molar-refractivity contribution in [1.29, 1.82) is 0 Å². The number of amides is 2. The SMILES string of the molecule is COC(=O)[C@H](Cc1ccc([N+](=O)[O-])cc1)NC(=O)c1cccc(NC(C)=O)c1. The summed E-state index contributed by atoms with van der Waals surface area (Å²) in [6.45, 7) is 1.35. The van der Waals surface area contributed by atoms with Gasteiger partial charge in [0.05, 0.1) is 12.0 Å². The highest BCUT2D eigenvalue weighted by Crippen LogP contribution is 2.15. The van der Waals surface area contributed by atoms with Crippen LogP contribution in [-0.2, 0) is 20.7 Å². The molecule has 2 aromatic rings. The Kier molecular flexibility index (Phi) is 6.80. The standard InChI is InChI=1S/C19H19N3O6/c1-12(23)20-15-5-3-4-14(11-15)18(24)21-17(19(25)28-2)10-13-6-8-16(9-7-13)22(26)27/h3-9,11,17H,10H2,1-2H3,(H,20,23)(H,21,24)/t17-/m0/s1. The lowest BCUT2D eigenvalue weighted by atomic mass is 10.0. The average molecular weight is 385 g/mol. The third-order valence-electron chi connectivity index (χ3n) is 3.82. The van der Waals surface area contributed by atoms with E-state index in [0.717, 1.165) is 0 Å². The molecule has 0 spiro atoms. The second kappa shape index (κ2) is 9.26. The highest BCUT2D eigenvalue weighted by molar-refractivity contribution is 5.98. The van der Waals surface area contributed by atoms with Crippen LogP contribution in [0.4, 0.5) is 11.4 Å². The quantitative estimate of drug-likeness (QED) is 0.427. The molecule has 2 aromatic carbocycles. The van der Waals surface area contributed by atoms with Crippen LogP contribution in [0.3, 0.4) is 0 Å². The predicted octanol–water partition coefficient (Wildman–Crippen LogP) is 2.07. The fourth-order valence-electron chi connectivity index (χ4n) is 2.51. The molecule has 0 aliphatic heterocycles. The Labute approximate surface area is 160 Å². The Hall–Kier alpha value is -3.75. The summed E-state index contributed by atoms with van der Waals surface area (Å²) >= 11 is 0. The van der Waals surface area contributed by atoms with Crippen LogP contribution < -0.4 is 10.6 Å². The number of carbonyl (C=O) groups excluding carboxylic acids is 3. The van der Waals surface area contributed by atoms with Gasteiger partial charge in [-0.25, -0.2) is 4.79 Å². The Balaban J connectivity index is 2.15. The van der Waals surface area contributed by atoms with E-state index in [9.17, 15) is 24.5 Å². The molecular weight excluding hydrogens is 366 g/mol. The molecule has 1 atom stereocenters. The molecule has 0 heterocycles. The van der Waals surface area contributed by atoms with E-state index in [1.165, 1.54) is 44.4 Å². The van der Waals surface area contributed by atoms with Crippen LogP contribution in [0.1, 0.15) is 22.8 Å². The topological polar surface area (TPSA) is 128 Å². The van der Waals surface area contributed by atoms with Crippen LogP contribution in [-0.4, -0.2) is 35.9 Å². The van der Waals surface area contributed by atoms with Crippen LogP contribution in [0.15, 0.2) is 48.5 Å². The number of hydrogen-bond donors (Lipinski definition) is 2. The molecule has 0 aliphatic rings. The minimum atomic E-state index is -0.983. The number of rotatable bonds is 7. The second-order valence-corrected chi connectivity index (χ2v) is 5.94. The van der Waals surface area contributed by atoms with E-state index in [4.69, 9.17) is 4.74 Å². The number of nitro benzene ring substituents is 1. The first-order chi connectivity index (χ1) is 13.3. The largest absolute Gasteiger partial charge is 0.467 e. The van der Waals surface area contributed by atoms with Gasteiger partial charge in [0.25, 0.3) is 11.6 Å². The zero-order valence-electron chi connectivity index (χ0n) is 15.3. The third kappa shape index (κ3) is 5.63. The summed E-state index contributed by atoms with van der Waals surface area (Å²) in [7, 11) is 1.20. The van der Waals surface area contributed by atoms with Gasteiger partial charge in [-0.3, -0.25) is 19.7 Å². The second-order valence-electron chi connectivity index (χ2n) is 5.94. The number of nitrogens with zero attached hydrogens (tertiary/aromatic N) is 1. The van der Waals surface area contributed by atoms with E-state index in [0.29, 0.717) is 11.3 Å². The average Bonchev–Trinajstić information content (AvgIpc) is 2.66. The molecular formula is C19H19N3O6. The lowest BCUT2D eigenvalue weighted by molar-refractivity contribution is -0.384. The van der Waals surface area contributed by atoms with Crippen LogP contribution in [0.2, 0.25) is 0 Å². The zero-order chi connectivity index (χ0) is 20.7. The lowest BCUT2D eigenvalue weighted by Gasteiger charge is -2.17. The van der Waals surface area contributed by atoms with Gasteiger partial charge in [0, 0.05) is 36.7 Å². The molecule has 0 unspecified atom stereocenters. The third-order valence-corrected chi connectivity index (χ3v) is 3.82. The van der Waals surface area contributed by atoms with Crippen LogP contribution in [0.25, 0.3) is 0 Å². The van der Waals surface area contributed by atoms with E-state index >= 15 is 0 Å². The van der Waals surface area contributed by atoms with Crippen molar-refractivity contribution in [3.8, 4) is 0 Å². The summed E-state index contributed by atoms with van der Waals surface area (Å²) in [4.78, 5) is 46.0. The maximum atomic E-state index is 12.5. The number of hydrogen-bond acceptors (Lipinski definition) is 6. The molecule has 2 amide bonds. The van der Waals surface area contributed by atoms with Gasteiger partial charge in [0.15, 0.2) is 0 Å². The zero-order valence-corrected chi connectivity index (χ0v) is 15.3. The van der Waals surface area contributed by atoms with Gasteiger partial charge < -0.3 is 15.4 Å². The van der Waals surface area contributed by atoms with Crippen molar-refractivity contribution >= 4 is 29.2 Å². The van der Waals surface area contributed by atoms with Crippen molar-refractivity contribution in [3.63, 3.8) is 0 Å². The number of ether oxygens (including phenoxy) is 1. The summed E-state index contributed by atoms with van der Waals surface area (Å²) in [5.74, 6) is -1.45. The van der Waals surface area contributed by atoms with Gasteiger partial charge in [0.2, 0.25) is 5.91 Å². The summed E-state index contributed by atoms with van der Waals surface area (Å²) in [5, 5.41) is 15.9. The number of anilines is 1. The van der Waals surface area contributed by atoms with Crippen molar-refractivity contribution in [2.45, 2.75) is 19.4 Å². The highest BCUT2D eigenvalue weighted by Gasteiger charge is 2.23. The van der Waals surface area contributed by atoms with Crippen molar-refractivity contribution < 1.29 is 24.0 Å². The van der Waals surface area contributed by atoms with Gasteiger partial charge in [-0.15, -0.1) is 0 Å². The molecule has 28 heavy (non-hydrogen) atoms. The highest BCUT2D eigenvalue weighted by atomic mass is 16.6. The van der Waals surface area contributed by atoms with E-state index in [-0.39, 0.29) is 23.6 Å². The Morgan fingerprint density at radius 3 is 2.39 bits per heavy atom. The lowest BCUT2D eigenvalue weighted by Crippen LogP contribution is -2.43. The maximum Gasteiger partial charge on any atom is 0.328 e. The van der Waals surface area contributed by atoms with E-state index < -0.39 is 22.8 Å². The van der Waals surface area contributed by atoms with E-state index in [1.807, 2.05) is 0 Å². The first-order valence-corrected chi connectivity index (χ1v) is 8.30. The summed E-state index contributed by atoms with van der Waals surface area (Å²) in [6, 6.07) is 10.9. The van der Waals surface area contributed by atoms with Crippen molar-refractivity contribution in [2.24, 2.45) is 0 Å². The molecule has 0 radical (unpaired) electrons. The number of nitrogens with one attached hydrogen (secondary N) is 2. The normalized spacial score (nSPS) is 11.2. The number of esters is 1. The predicted molar refractivity (Wildman–Crippen MR) is 101 cm³/mol. The molecule has 2 rings (SSSR count). The van der Waals surface area contributed by atoms with Crippen molar-refractivity contribution in [1.82, 2.24) is 5.32 Å². The van der Waals surface area contributed by atoms with Gasteiger partial charge in [0.1, 0.15) is 6.04 Å². The molecule has 9 nitrogen and oxygen atoms in total. The number of nitro groups is 1. The van der Waals surface area contributed by atoms with E-state index in [1.54, 1.807) is 18.2 Å². The Morgan fingerprint density at radius 1 is 1.14 bits per heavy atom. The minimum Gasteiger partial charge on any atom is -0.467 e. The first-order valence-electron chi connectivity index (χ1n) is 8.30. The van der Waals surface area contributed by atoms with Crippen molar-refractivity contribution in [2.75, 3.05) is 12.4 Å². The van der Waals surface area contributed by atoms with Gasteiger partial charge in [-0.05, 0) is 23.8 Å². The molecule has 9 heteroatoms. The first kappa shape index (κ1) is 20.6. The Bertz CT molecular complexity index is 895. The molecule has 0 saturated heterocycles. The fraction of sp³-hybridized carbons (Fsp3) is 0.211. The number of non-ortho nitro benzene ring substituents is 1. The van der Waals surface area contributed by atoms with E-state index in [2.05, 4.69) is 10.6 Å². The summed E-state index contributed by atoms with van der Waals surface area (Å²) in [5.41, 5.74) is 1.25. The van der Waals surface area contributed by atoms with Crippen molar-refractivity contribution in [3.05, 3.63) is 69.8 Å². The van der Waals surface area contributed by atoms with Crippen LogP contribution in [0, 0.1) is 10.1 Å². The molecule has 146 valence electrons. The molecule has 0 fully saturated rings. The minimum absolute atomic E-state index is 0.0720. The molecule has 0 saturated carbocycles. The molecule has 0 bridgehead atoms. The molecule has 0 aromatic heterocycles. The van der Waals surface area contributed by atoms with Gasteiger partial charge in [-0.1, -0.05) is 18.2 Å². The summed E-state index contributed by atoms with van der Waals surface area (Å²) < 4.78 is 4.74. The van der Waals surface area contributed by atoms with Crippen LogP contribution in [0.5, 0.6) is 0 Å². The number of carbonyl (C=O) groups is 3. The monoisotopic (exact) mass is 385 g/mol. The Morgan fingerprint density at radius 2 is 1.82 bits per heavy atom. The summed E-state index contributed by atoms with van der Waals surface area (Å²) in [6.07, 6.45) is 0.0990. The van der Waals surface area contributed by atoms with Crippen LogP contribution >= 0.6 is 0 Å². The number of methoxy groups -OCH3 is 1. The molecule has 0 aliphatic carbocycles.